The van der Waals surface area contributed by atoms with Crippen molar-refractivity contribution in [2.24, 2.45) is 0 Å². The Hall–Kier alpha value is -2.70. The highest BCUT2D eigenvalue weighted by Crippen LogP contribution is 2.22. The molecule has 2 aliphatic rings. The molecule has 2 saturated heterocycles. The number of alkyl halides is 3. The second kappa shape index (κ2) is 11.4. The third-order valence-electron chi connectivity index (χ3n) is 5.67. The summed E-state index contributed by atoms with van der Waals surface area (Å²) in [6.07, 6.45) is -2.61. The number of carboxylic acids is 1. The summed E-state index contributed by atoms with van der Waals surface area (Å²) >= 11 is 0. The van der Waals surface area contributed by atoms with Gasteiger partial charge in [-0.25, -0.2) is 14.4 Å². The summed E-state index contributed by atoms with van der Waals surface area (Å²) in [6.45, 7) is 2.18. The van der Waals surface area contributed by atoms with E-state index < -0.39 is 48.0 Å². The van der Waals surface area contributed by atoms with Crippen molar-refractivity contribution in [2.45, 2.75) is 63.7 Å². The number of esters is 2. The number of amides is 2. The van der Waals surface area contributed by atoms with Gasteiger partial charge < -0.3 is 19.6 Å². The first kappa shape index (κ1) is 26.6. The van der Waals surface area contributed by atoms with E-state index in [1.807, 2.05) is 6.92 Å². The number of carboxylic acid groups (broad SMARTS) is 1. The molecule has 2 amide bonds. The van der Waals surface area contributed by atoms with Gasteiger partial charge in [0.15, 0.2) is 0 Å². The fourth-order valence-corrected chi connectivity index (χ4v) is 4.01. The SMILES string of the molecule is CCCCN(CC(=O)N1CCC[C@@H]1C(=O)O)CC(=O)N1CCC[C@@H]1C(=O)OC(=O)C(F)(F)F. The fourth-order valence-electron chi connectivity index (χ4n) is 4.01. The van der Waals surface area contributed by atoms with Gasteiger partial charge in [-0.2, -0.15) is 13.2 Å². The Bertz CT molecular complexity index is 774. The van der Waals surface area contributed by atoms with Crippen LogP contribution in [-0.2, 0) is 28.7 Å². The van der Waals surface area contributed by atoms with Crippen molar-refractivity contribution in [1.82, 2.24) is 14.7 Å². The van der Waals surface area contributed by atoms with Crippen LogP contribution in [0.1, 0.15) is 45.4 Å². The topological polar surface area (TPSA) is 125 Å². The monoisotopic (exact) mass is 479 g/mol. The molecule has 13 heteroatoms. The highest BCUT2D eigenvalue weighted by Gasteiger charge is 2.45. The third-order valence-corrected chi connectivity index (χ3v) is 5.67. The van der Waals surface area contributed by atoms with Gasteiger partial charge in [0.1, 0.15) is 12.1 Å². The van der Waals surface area contributed by atoms with Crippen LogP contribution in [0.5, 0.6) is 0 Å². The van der Waals surface area contributed by atoms with E-state index in [1.165, 1.54) is 9.80 Å². The van der Waals surface area contributed by atoms with E-state index >= 15 is 0 Å². The van der Waals surface area contributed by atoms with Crippen LogP contribution in [0.2, 0.25) is 0 Å². The smallest absolute Gasteiger partial charge is 0.480 e. The Balaban J connectivity index is 2.03. The largest absolute Gasteiger partial charge is 0.491 e. The van der Waals surface area contributed by atoms with Crippen LogP contribution in [0.15, 0.2) is 0 Å². The molecule has 0 aromatic rings. The number of unbranched alkanes of at least 4 members (excludes halogenated alkanes) is 1. The molecule has 0 radical (unpaired) electrons. The predicted octanol–water partition coefficient (Wildman–Crippen LogP) is 0.787. The van der Waals surface area contributed by atoms with Gasteiger partial charge in [0.25, 0.3) is 0 Å². The van der Waals surface area contributed by atoms with Crippen molar-refractivity contribution in [1.29, 1.82) is 0 Å². The third kappa shape index (κ3) is 7.14. The minimum atomic E-state index is -5.33. The van der Waals surface area contributed by atoms with E-state index in [9.17, 15) is 42.3 Å². The number of carbonyl (C=O) groups excluding carboxylic acids is 4. The second-order valence-corrected chi connectivity index (χ2v) is 8.10. The minimum Gasteiger partial charge on any atom is -0.480 e. The lowest BCUT2D eigenvalue weighted by atomic mass is 10.2. The summed E-state index contributed by atoms with van der Waals surface area (Å²) in [7, 11) is 0. The molecule has 0 bridgehead atoms. The average molecular weight is 479 g/mol. The van der Waals surface area contributed by atoms with Gasteiger partial charge in [-0.15, -0.1) is 0 Å². The molecular formula is C20H28F3N3O7. The molecule has 10 nitrogen and oxygen atoms in total. The summed E-state index contributed by atoms with van der Waals surface area (Å²) in [4.78, 5) is 63.8. The zero-order valence-electron chi connectivity index (χ0n) is 18.3. The molecule has 0 unspecified atom stereocenters. The predicted molar refractivity (Wildman–Crippen MR) is 106 cm³/mol. The number of nitrogens with zero attached hydrogens (tertiary/aromatic N) is 3. The first-order valence-corrected chi connectivity index (χ1v) is 10.8. The Morgan fingerprint density at radius 1 is 0.970 bits per heavy atom. The van der Waals surface area contributed by atoms with Gasteiger partial charge in [0.05, 0.1) is 13.1 Å². The Kier molecular flexibility index (Phi) is 9.20. The summed E-state index contributed by atoms with van der Waals surface area (Å²) in [6, 6.07) is -2.23. The van der Waals surface area contributed by atoms with Crippen molar-refractivity contribution in [2.75, 3.05) is 32.7 Å². The summed E-state index contributed by atoms with van der Waals surface area (Å²) < 4.78 is 41.0. The molecule has 2 rings (SSSR count). The first-order chi connectivity index (χ1) is 15.5. The maximum Gasteiger partial charge on any atom is 0.491 e. The van der Waals surface area contributed by atoms with Crippen LogP contribution in [0.4, 0.5) is 13.2 Å². The first-order valence-electron chi connectivity index (χ1n) is 10.8. The number of likely N-dealkylation sites (tertiary alicyclic amines) is 2. The number of carbonyl (C=O) groups is 5. The maximum absolute atomic E-state index is 12.8. The number of hydrogen-bond acceptors (Lipinski definition) is 7. The van der Waals surface area contributed by atoms with Gasteiger partial charge in [-0.3, -0.25) is 14.5 Å². The second-order valence-electron chi connectivity index (χ2n) is 8.10. The molecule has 33 heavy (non-hydrogen) atoms. The van der Waals surface area contributed by atoms with E-state index in [0.29, 0.717) is 38.8 Å². The van der Waals surface area contributed by atoms with Crippen molar-refractivity contribution < 1.29 is 47.0 Å². The Morgan fingerprint density at radius 3 is 1.97 bits per heavy atom. The number of rotatable bonds is 9. The molecule has 1 N–H and O–H groups in total. The molecule has 2 aliphatic heterocycles. The zero-order valence-corrected chi connectivity index (χ0v) is 18.3. The lowest BCUT2D eigenvalue weighted by Crippen LogP contribution is -2.50. The standard InChI is InChI=1S/C20H28F3N3O7/c1-2-3-8-24(11-15(27)25-9-4-6-13(25)17(29)30)12-16(28)26-10-5-7-14(26)18(31)33-19(32)20(21,22)23/h13-14H,2-12H2,1H3,(H,29,30)/t13-,14-/m1/s1. The van der Waals surface area contributed by atoms with Crippen LogP contribution in [0, 0.1) is 0 Å². The summed E-state index contributed by atoms with van der Waals surface area (Å²) in [5.41, 5.74) is 0. The normalized spacial score (nSPS) is 20.9. The highest BCUT2D eigenvalue weighted by molar-refractivity contribution is 5.93. The van der Waals surface area contributed by atoms with Gasteiger partial charge in [-0.1, -0.05) is 13.3 Å². The minimum absolute atomic E-state index is 0.0532. The molecule has 2 atom stereocenters. The Labute approximate surface area is 188 Å². The van der Waals surface area contributed by atoms with Crippen LogP contribution in [0.25, 0.3) is 0 Å². The number of hydrogen-bond donors (Lipinski definition) is 1. The fraction of sp³-hybridized carbons (Fsp3) is 0.750. The quantitative estimate of drug-likeness (QED) is 0.380. The van der Waals surface area contributed by atoms with Crippen LogP contribution >= 0.6 is 0 Å². The lowest BCUT2D eigenvalue weighted by molar-refractivity contribution is -0.203. The number of ether oxygens (including phenoxy) is 1. The molecule has 186 valence electrons. The molecule has 0 aliphatic carbocycles. The molecule has 0 saturated carbocycles. The van der Waals surface area contributed by atoms with Crippen molar-refractivity contribution in [3.05, 3.63) is 0 Å². The molecule has 2 heterocycles. The summed E-state index contributed by atoms with van der Waals surface area (Å²) in [5.74, 6) is -6.20. The van der Waals surface area contributed by atoms with Gasteiger partial charge in [0, 0.05) is 13.1 Å². The molecule has 2 fully saturated rings. The maximum atomic E-state index is 12.8. The molecular weight excluding hydrogens is 451 g/mol. The van der Waals surface area contributed by atoms with Gasteiger partial charge >= 0.3 is 24.1 Å². The highest BCUT2D eigenvalue weighted by atomic mass is 19.4. The molecule has 0 spiro atoms. The van der Waals surface area contributed by atoms with Gasteiger partial charge in [0.2, 0.25) is 11.8 Å². The zero-order chi connectivity index (χ0) is 24.8. The Morgan fingerprint density at radius 2 is 1.48 bits per heavy atom. The number of halogens is 3. The van der Waals surface area contributed by atoms with Crippen LogP contribution in [0.3, 0.4) is 0 Å². The summed E-state index contributed by atoms with van der Waals surface area (Å²) in [5, 5.41) is 9.28. The lowest BCUT2D eigenvalue weighted by Gasteiger charge is -2.29. The van der Waals surface area contributed by atoms with E-state index in [4.69, 9.17) is 0 Å². The van der Waals surface area contributed by atoms with Crippen LogP contribution < -0.4 is 0 Å². The van der Waals surface area contributed by atoms with E-state index in [-0.39, 0.29) is 26.1 Å². The van der Waals surface area contributed by atoms with E-state index in [1.54, 1.807) is 0 Å². The van der Waals surface area contributed by atoms with Crippen molar-refractivity contribution in [3.63, 3.8) is 0 Å². The molecule has 0 aromatic heterocycles. The van der Waals surface area contributed by atoms with Crippen molar-refractivity contribution in [3.8, 4) is 0 Å². The molecule has 0 aromatic carbocycles. The van der Waals surface area contributed by atoms with E-state index in [0.717, 1.165) is 11.3 Å². The van der Waals surface area contributed by atoms with Crippen LogP contribution in [-0.4, -0.2) is 101 Å². The van der Waals surface area contributed by atoms with Gasteiger partial charge in [-0.05, 0) is 38.6 Å². The van der Waals surface area contributed by atoms with Crippen molar-refractivity contribution >= 4 is 29.7 Å². The average Bonchev–Trinajstić information content (AvgIpc) is 3.40. The van der Waals surface area contributed by atoms with E-state index in [2.05, 4.69) is 4.74 Å². The number of aliphatic carboxylic acids is 1.